The van der Waals surface area contributed by atoms with Crippen LogP contribution in [-0.4, -0.2) is 142 Å². The van der Waals surface area contributed by atoms with Gasteiger partial charge in [-0.25, -0.2) is 0 Å². The molecule has 0 amide bonds. The zero-order chi connectivity index (χ0) is 58.6. The van der Waals surface area contributed by atoms with Gasteiger partial charge in [-0.1, -0.05) is 235 Å². The molecule has 2 fully saturated rings. The molecule has 7 N–H and O–H groups in total. The predicted octanol–water partition coefficient (Wildman–Crippen LogP) is 13.2. The van der Waals surface area contributed by atoms with Gasteiger partial charge in [0, 0.05) is 13.0 Å². The summed E-state index contributed by atoms with van der Waals surface area (Å²) in [6, 6.07) is 0. The molecule has 11 unspecified atom stereocenters. The first-order valence-corrected chi connectivity index (χ1v) is 32.9. The van der Waals surface area contributed by atoms with Gasteiger partial charge in [0.15, 0.2) is 12.6 Å². The Bertz CT molecular complexity index is 1570. The molecule has 14 heteroatoms. The summed E-state index contributed by atoms with van der Waals surface area (Å²) in [7, 11) is 0. The first-order valence-electron chi connectivity index (χ1n) is 32.9. The molecular weight excluding hydrogens is 1030 g/mol. The van der Waals surface area contributed by atoms with Crippen molar-refractivity contribution in [1.29, 1.82) is 0 Å². The van der Waals surface area contributed by atoms with Crippen LogP contribution in [0.3, 0.4) is 0 Å². The Hall–Kier alpha value is -2.31. The fourth-order valence-electron chi connectivity index (χ4n) is 10.3. The predicted molar refractivity (Wildman–Crippen MR) is 326 cm³/mol. The van der Waals surface area contributed by atoms with Crippen LogP contribution >= 0.6 is 0 Å². The van der Waals surface area contributed by atoms with E-state index in [1.165, 1.54) is 161 Å². The summed E-state index contributed by atoms with van der Waals surface area (Å²) in [6.07, 6.45) is 51.5. The Kier molecular flexibility index (Phi) is 49.1. The highest BCUT2D eigenvalue weighted by Crippen LogP contribution is 2.27. The number of ether oxygens (including phenoxy) is 6. The number of carbonyl (C=O) groups excluding carboxylic acids is 1. The van der Waals surface area contributed by atoms with Gasteiger partial charge in [0.05, 0.1) is 26.4 Å². The number of unbranched alkanes of at least 4 members (excludes halogenated alkanes) is 30. The van der Waals surface area contributed by atoms with E-state index in [4.69, 9.17) is 28.4 Å². The van der Waals surface area contributed by atoms with Crippen molar-refractivity contribution < 1.29 is 69.0 Å². The molecule has 81 heavy (non-hydrogen) atoms. The van der Waals surface area contributed by atoms with E-state index < -0.39 is 80.7 Å². The van der Waals surface area contributed by atoms with Gasteiger partial charge in [0.25, 0.3) is 0 Å². The number of aliphatic hydroxyl groups excluding tert-OH is 7. The lowest BCUT2D eigenvalue weighted by Crippen LogP contribution is -2.61. The van der Waals surface area contributed by atoms with Crippen LogP contribution in [0.15, 0.2) is 60.8 Å². The Morgan fingerprint density at radius 1 is 0.420 bits per heavy atom. The van der Waals surface area contributed by atoms with Crippen LogP contribution in [0.5, 0.6) is 0 Å². The molecule has 11 atom stereocenters. The average molecular weight is 1150 g/mol. The van der Waals surface area contributed by atoms with Gasteiger partial charge in [-0.3, -0.25) is 4.79 Å². The minimum Gasteiger partial charge on any atom is -0.457 e. The summed E-state index contributed by atoms with van der Waals surface area (Å²) in [6.45, 7) is 3.60. The molecule has 14 nitrogen and oxygen atoms in total. The third-order valence-electron chi connectivity index (χ3n) is 15.5. The Labute approximate surface area is 492 Å². The van der Waals surface area contributed by atoms with E-state index in [1.807, 2.05) is 0 Å². The largest absolute Gasteiger partial charge is 0.457 e. The van der Waals surface area contributed by atoms with Gasteiger partial charge in [-0.15, -0.1) is 0 Å². The van der Waals surface area contributed by atoms with E-state index in [2.05, 4.69) is 74.6 Å². The summed E-state index contributed by atoms with van der Waals surface area (Å²) >= 11 is 0. The normalized spacial score (nSPS) is 24.1. The van der Waals surface area contributed by atoms with E-state index in [-0.39, 0.29) is 25.6 Å². The highest BCUT2D eigenvalue weighted by atomic mass is 16.7. The van der Waals surface area contributed by atoms with E-state index in [9.17, 15) is 40.5 Å². The van der Waals surface area contributed by atoms with Crippen molar-refractivity contribution in [2.75, 3.05) is 33.0 Å². The van der Waals surface area contributed by atoms with Gasteiger partial charge in [0.1, 0.15) is 54.9 Å². The van der Waals surface area contributed by atoms with Crippen molar-refractivity contribution in [1.82, 2.24) is 0 Å². The minimum absolute atomic E-state index is 0.0580. The maximum Gasteiger partial charge on any atom is 0.306 e. The second-order valence-electron chi connectivity index (χ2n) is 22.9. The quantitative estimate of drug-likeness (QED) is 0.0172. The molecule has 0 aromatic rings. The zero-order valence-electron chi connectivity index (χ0n) is 51.0. The number of hydrogen-bond donors (Lipinski definition) is 7. The van der Waals surface area contributed by atoms with Crippen LogP contribution in [0.2, 0.25) is 0 Å². The van der Waals surface area contributed by atoms with Crippen LogP contribution in [0.1, 0.15) is 258 Å². The van der Waals surface area contributed by atoms with Crippen LogP contribution in [0, 0.1) is 0 Å². The summed E-state index contributed by atoms with van der Waals surface area (Å²) in [4.78, 5) is 13.1. The third-order valence-corrected chi connectivity index (χ3v) is 15.5. The Balaban J connectivity index is 1.66. The Morgan fingerprint density at radius 3 is 1.27 bits per heavy atom. The minimum atomic E-state index is -1.71. The maximum absolute atomic E-state index is 13.1. The van der Waals surface area contributed by atoms with Crippen LogP contribution in [0.4, 0.5) is 0 Å². The van der Waals surface area contributed by atoms with E-state index >= 15 is 0 Å². The number of aliphatic hydroxyl groups is 7. The molecule has 2 aliphatic rings. The van der Waals surface area contributed by atoms with Crippen LogP contribution < -0.4 is 0 Å². The number of rotatable bonds is 54. The number of allylic oxidation sites excluding steroid dienone is 10. The molecule has 0 aromatic heterocycles. The van der Waals surface area contributed by atoms with Crippen LogP contribution in [0.25, 0.3) is 0 Å². The fraction of sp³-hybridized carbons (Fsp3) is 0.836. The van der Waals surface area contributed by atoms with Crippen LogP contribution in [-0.2, 0) is 33.2 Å². The molecule has 0 spiro atoms. The second kappa shape index (κ2) is 53.2. The standard InChI is InChI=1S/C67H120O14/c1-3-5-7-9-11-13-15-17-19-21-23-25-26-27-28-29-31-33-35-37-39-41-43-45-47-49-51-76-53-56(54-77-66-65(75)63(73)61(71)58(81-66)55-78-67-64(74)62(72)60(70)57(52-68)80-67)79-59(69)50-48-46-44-42-40-38-36-34-32-30-24-22-20-18-16-14-12-10-8-6-4-2/h6,8,12,14,18,20-21,23-24,30,56-58,60-68,70-75H,3-5,7,9-11,13,15-17,19,22,25-29,31-55H2,1-2H3/b8-6-,14-12-,20-18-,23-21-,30-24-. The lowest BCUT2D eigenvalue weighted by Gasteiger charge is -2.42. The smallest absolute Gasteiger partial charge is 0.306 e. The third kappa shape index (κ3) is 39.1. The van der Waals surface area contributed by atoms with Crippen molar-refractivity contribution in [2.45, 2.75) is 325 Å². The summed E-state index contributed by atoms with van der Waals surface area (Å²) in [5, 5.41) is 72.5. The summed E-state index contributed by atoms with van der Waals surface area (Å²) < 4.78 is 34.5. The second-order valence-corrected chi connectivity index (χ2v) is 22.9. The van der Waals surface area contributed by atoms with E-state index in [0.717, 1.165) is 70.6 Å². The summed E-state index contributed by atoms with van der Waals surface area (Å²) in [5.74, 6) is -0.382. The fourth-order valence-corrected chi connectivity index (χ4v) is 10.3. The summed E-state index contributed by atoms with van der Waals surface area (Å²) in [5.41, 5.74) is 0. The molecule has 0 aromatic carbocycles. The van der Waals surface area contributed by atoms with Gasteiger partial charge in [0.2, 0.25) is 0 Å². The molecular formula is C67H120O14. The molecule has 0 aliphatic carbocycles. The maximum atomic E-state index is 13.1. The zero-order valence-corrected chi connectivity index (χ0v) is 51.0. The highest BCUT2D eigenvalue weighted by Gasteiger charge is 2.47. The Morgan fingerprint density at radius 2 is 0.802 bits per heavy atom. The number of carbonyl (C=O) groups is 1. The van der Waals surface area contributed by atoms with Crippen molar-refractivity contribution in [3.63, 3.8) is 0 Å². The lowest BCUT2D eigenvalue weighted by atomic mass is 9.98. The molecule has 0 bridgehead atoms. The molecule has 2 saturated heterocycles. The van der Waals surface area contributed by atoms with Crippen molar-refractivity contribution in [3.8, 4) is 0 Å². The molecule has 472 valence electrons. The number of hydrogen-bond acceptors (Lipinski definition) is 14. The lowest BCUT2D eigenvalue weighted by molar-refractivity contribution is -0.332. The van der Waals surface area contributed by atoms with Gasteiger partial charge in [-0.05, 0) is 77.0 Å². The molecule has 2 rings (SSSR count). The monoisotopic (exact) mass is 1150 g/mol. The van der Waals surface area contributed by atoms with E-state index in [0.29, 0.717) is 13.0 Å². The highest BCUT2D eigenvalue weighted by molar-refractivity contribution is 5.69. The van der Waals surface area contributed by atoms with Crippen molar-refractivity contribution in [3.05, 3.63) is 60.8 Å². The molecule has 2 heterocycles. The first-order chi connectivity index (χ1) is 39.6. The van der Waals surface area contributed by atoms with Gasteiger partial charge in [-0.2, -0.15) is 0 Å². The molecule has 0 saturated carbocycles. The van der Waals surface area contributed by atoms with Gasteiger partial charge < -0.3 is 64.2 Å². The molecule has 2 aliphatic heterocycles. The molecule has 0 radical (unpaired) electrons. The van der Waals surface area contributed by atoms with Gasteiger partial charge >= 0.3 is 5.97 Å². The van der Waals surface area contributed by atoms with Crippen molar-refractivity contribution >= 4 is 5.97 Å². The van der Waals surface area contributed by atoms with E-state index in [1.54, 1.807) is 0 Å². The number of esters is 1. The average Bonchev–Trinajstić information content (AvgIpc) is 3.46. The SMILES string of the molecule is CC/C=C\C/C=C\C/C=C\C/C=C\CCCCCCCCCCC(=O)OC(COCCCCCCCCCCCCCCCC/C=C\CCCCCCCCCC)COC1OC(COC2OC(CO)C(O)C(O)C2O)C(O)C(O)C1O. The van der Waals surface area contributed by atoms with Crippen molar-refractivity contribution in [2.24, 2.45) is 0 Å². The first kappa shape index (κ1) is 74.8. The topological polar surface area (TPSA) is 214 Å².